The lowest BCUT2D eigenvalue weighted by atomic mass is 9.92. The molecule has 0 aromatic heterocycles. The number of piperidine rings is 1. The molecular formula is C12H24N2S. The lowest BCUT2D eigenvalue weighted by molar-refractivity contribution is 0.140. The van der Waals surface area contributed by atoms with Crippen molar-refractivity contribution in [2.75, 3.05) is 38.2 Å². The minimum atomic E-state index is 0.917. The Kier molecular flexibility index (Phi) is 4.79. The van der Waals surface area contributed by atoms with E-state index >= 15 is 0 Å². The van der Waals surface area contributed by atoms with E-state index in [9.17, 15) is 0 Å². The van der Waals surface area contributed by atoms with Gasteiger partial charge < -0.3 is 5.32 Å². The minimum Gasteiger partial charge on any atom is -0.320 e. The van der Waals surface area contributed by atoms with Crippen LogP contribution in [0, 0.1) is 5.92 Å². The summed E-state index contributed by atoms with van der Waals surface area (Å²) in [5.41, 5.74) is 0. The van der Waals surface area contributed by atoms with E-state index < -0.39 is 0 Å². The highest BCUT2D eigenvalue weighted by Gasteiger charge is 2.26. The molecule has 0 spiro atoms. The molecule has 0 radical (unpaired) electrons. The van der Waals surface area contributed by atoms with Crippen LogP contribution in [0.4, 0.5) is 0 Å². The fourth-order valence-electron chi connectivity index (χ4n) is 2.77. The minimum absolute atomic E-state index is 0.917. The highest BCUT2D eigenvalue weighted by Crippen LogP contribution is 2.27. The molecule has 0 aromatic carbocycles. The SMILES string of the molecule is CNCCC1CCN(C2CCSC2)CC1. The van der Waals surface area contributed by atoms with Crippen LogP contribution in [-0.4, -0.2) is 49.1 Å². The van der Waals surface area contributed by atoms with Gasteiger partial charge >= 0.3 is 0 Å². The summed E-state index contributed by atoms with van der Waals surface area (Å²) < 4.78 is 0. The van der Waals surface area contributed by atoms with Crippen molar-refractivity contribution >= 4 is 11.8 Å². The van der Waals surface area contributed by atoms with E-state index in [2.05, 4.69) is 29.0 Å². The largest absolute Gasteiger partial charge is 0.320 e. The first kappa shape index (κ1) is 11.7. The van der Waals surface area contributed by atoms with Gasteiger partial charge in [-0.1, -0.05) is 0 Å². The Morgan fingerprint density at radius 3 is 2.67 bits per heavy atom. The van der Waals surface area contributed by atoms with Crippen LogP contribution in [0.3, 0.4) is 0 Å². The molecule has 0 aromatic rings. The van der Waals surface area contributed by atoms with E-state index in [-0.39, 0.29) is 0 Å². The second-order valence-electron chi connectivity index (χ2n) is 4.89. The molecular weight excluding hydrogens is 204 g/mol. The van der Waals surface area contributed by atoms with Crippen LogP contribution >= 0.6 is 11.8 Å². The molecule has 1 atom stereocenters. The van der Waals surface area contributed by atoms with Crippen LogP contribution in [0.25, 0.3) is 0 Å². The molecule has 2 heterocycles. The highest BCUT2D eigenvalue weighted by molar-refractivity contribution is 7.99. The maximum atomic E-state index is 3.26. The highest BCUT2D eigenvalue weighted by atomic mass is 32.2. The van der Waals surface area contributed by atoms with Gasteiger partial charge in [0, 0.05) is 11.8 Å². The predicted molar refractivity (Wildman–Crippen MR) is 68.6 cm³/mol. The zero-order valence-corrected chi connectivity index (χ0v) is 10.7. The van der Waals surface area contributed by atoms with Gasteiger partial charge in [0.2, 0.25) is 0 Å². The predicted octanol–water partition coefficient (Wildman–Crippen LogP) is 1.81. The Morgan fingerprint density at radius 2 is 2.07 bits per heavy atom. The van der Waals surface area contributed by atoms with Gasteiger partial charge in [0.25, 0.3) is 0 Å². The first-order valence-corrected chi connectivity index (χ1v) is 7.52. The van der Waals surface area contributed by atoms with Gasteiger partial charge in [0.1, 0.15) is 0 Å². The van der Waals surface area contributed by atoms with Crippen molar-refractivity contribution in [3.05, 3.63) is 0 Å². The molecule has 2 aliphatic rings. The average Bonchev–Trinajstić information content (AvgIpc) is 2.80. The zero-order chi connectivity index (χ0) is 10.5. The fourth-order valence-corrected chi connectivity index (χ4v) is 4.02. The second-order valence-corrected chi connectivity index (χ2v) is 6.04. The standard InChI is InChI=1S/C12H24N2S/c1-13-6-2-11-3-7-14(8-4-11)12-5-9-15-10-12/h11-13H,2-10H2,1H3. The first-order valence-electron chi connectivity index (χ1n) is 6.36. The van der Waals surface area contributed by atoms with Crippen LogP contribution in [-0.2, 0) is 0 Å². The van der Waals surface area contributed by atoms with Gasteiger partial charge in [0.15, 0.2) is 0 Å². The molecule has 0 aliphatic carbocycles. The van der Waals surface area contributed by atoms with Crippen molar-refractivity contribution in [1.29, 1.82) is 0 Å². The molecule has 2 saturated heterocycles. The van der Waals surface area contributed by atoms with Crippen molar-refractivity contribution in [2.45, 2.75) is 31.7 Å². The van der Waals surface area contributed by atoms with Crippen LogP contribution < -0.4 is 5.32 Å². The lowest BCUT2D eigenvalue weighted by Gasteiger charge is -2.35. The van der Waals surface area contributed by atoms with Gasteiger partial charge in [-0.15, -0.1) is 0 Å². The molecule has 1 unspecified atom stereocenters. The average molecular weight is 228 g/mol. The normalized spacial score (nSPS) is 29.8. The van der Waals surface area contributed by atoms with E-state index in [4.69, 9.17) is 0 Å². The Bertz CT molecular complexity index is 172. The van der Waals surface area contributed by atoms with Crippen molar-refractivity contribution in [2.24, 2.45) is 5.92 Å². The van der Waals surface area contributed by atoms with Crippen LogP contribution in [0.5, 0.6) is 0 Å². The molecule has 1 N–H and O–H groups in total. The van der Waals surface area contributed by atoms with Crippen molar-refractivity contribution < 1.29 is 0 Å². The monoisotopic (exact) mass is 228 g/mol. The van der Waals surface area contributed by atoms with E-state index in [1.54, 1.807) is 0 Å². The summed E-state index contributed by atoms with van der Waals surface area (Å²) in [6.07, 6.45) is 5.68. The molecule has 0 saturated carbocycles. The molecule has 0 amide bonds. The third-order valence-electron chi connectivity index (χ3n) is 3.87. The van der Waals surface area contributed by atoms with Gasteiger partial charge in [-0.05, 0) is 64.0 Å². The van der Waals surface area contributed by atoms with Crippen LogP contribution in [0.1, 0.15) is 25.7 Å². The first-order chi connectivity index (χ1) is 7.40. The third kappa shape index (κ3) is 3.36. The van der Waals surface area contributed by atoms with Crippen molar-refractivity contribution in [3.63, 3.8) is 0 Å². The summed E-state index contributed by atoms with van der Waals surface area (Å²) in [6.45, 7) is 3.92. The topological polar surface area (TPSA) is 15.3 Å². The van der Waals surface area contributed by atoms with Gasteiger partial charge in [-0.25, -0.2) is 0 Å². The van der Waals surface area contributed by atoms with Crippen molar-refractivity contribution in [1.82, 2.24) is 10.2 Å². The Hall–Kier alpha value is 0.270. The molecule has 3 heteroatoms. The van der Waals surface area contributed by atoms with Crippen molar-refractivity contribution in [3.8, 4) is 0 Å². The fraction of sp³-hybridized carbons (Fsp3) is 1.00. The summed E-state index contributed by atoms with van der Waals surface area (Å²) in [4.78, 5) is 2.75. The molecule has 2 nitrogen and oxygen atoms in total. The van der Waals surface area contributed by atoms with E-state index in [1.165, 1.54) is 56.8 Å². The number of likely N-dealkylation sites (tertiary alicyclic amines) is 1. The smallest absolute Gasteiger partial charge is 0.0194 e. The van der Waals surface area contributed by atoms with Gasteiger partial charge in [-0.3, -0.25) is 4.90 Å². The maximum absolute atomic E-state index is 3.26. The summed E-state index contributed by atoms with van der Waals surface area (Å²) in [5, 5.41) is 3.26. The summed E-state index contributed by atoms with van der Waals surface area (Å²) in [6, 6.07) is 0.917. The molecule has 15 heavy (non-hydrogen) atoms. The Labute approximate surface area is 98.2 Å². The van der Waals surface area contributed by atoms with Crippen LogP contribution in [0.15, 0.2) is 0 Å². The van der Waals surface area contributed by atoms with Crippen LogP contribution in [0.2, 0.25) is 0 Å². The number of hydrogen-bond acceptors (Lipinski definition) is 3. The third-order valence-corrected chi connectivity index (χ3v) is 5.02. The van der Waals surface area contributed by atoms with E-state index in [0.717, 1.165) is 12.0 Å². The Balaban J connectivity index is 1.67. The Morgan fingerprint density at radius 1 is 1.27 bits per heavy atom. The second kappa shape index (κ2) is 6.12. The maximum Gasteiger partial charge on any atom is 0.0194 e. The number of thioether (sulfide) groups is 1. The summed E-state index contributed by atoms with van der Waals surface area (Å²) in [7, 11) is 2.06. The van der Waals surface area contributed by atoms with Gasteiger partial charge in [-0.2, -0.15) is 11.8 Å². The molecule has 2 aliphatic heterocycles. The molecule has 2 fully saturated rings. The number of nitrogens with zero attached hydrogens (tertiary/aromatic N) is 1. The number of nitrogens with one attached hydrogen (secondary N) is 1. The quantitative estimate of drug-likeness (QED) is 0.790. The summed E-state index contributed by atoms with van der Waals surface area (Å²) >= 11 is 2.14. The zero-order valence-electron chi connectivity index (χ0n) is 9.87. The number of hydrogen-bond donors (Lipinski definition) is 1. The summed E-state index contributed by atoms with van der Waals surface area (Å²) in [5.74, 6) is 3.77. The molecule has 88 valence electrons. The van der Waals surface area contributed by atoms with E-state index in [0.29, 0.717) is 0 Å². The molecule has 2 rings (SSSR count). The molecule has 0 bridgehead atoms. The number of rotatable bonds is 4. The van der Waals surface area contributed by atoms with Gasteiger partial charge in [0.05, 0.1) is 0 Å². The lowest BCUT2D eigenvalue weighted by Crippen LogP contribution is -2.41. The van der Waals surface area contributed by atoms with E-state index in [1.807, 2.05) is 0 Å².